The van der Waals surface area contributed by atoms with Crippen LogP contribution in [-0.4, -0.2) is 21.1 Å². The zero-order valence-corrected chi connectivity index (χ0v) is 7.26. The van der Waals surface area contributed by atoms with E-state index in [1.165, 1.54) is 5.69 Å². The van der Waals surface area contributed by atoms with Gasteiger partial charge in [0.05, 0.1) is 26.8 Å². The van der Waals surface area contributed by atoms with Crippen molar-refractivity contribution in [2.24, 2.45) is 0 Å². The van der Waals surface area contributed by atoms with Gasteiger partial charge in [-0.2, -0.15) is 0 Å². The van der Waals surface area contributed by atoms with Gasteiger partial charge < -0.3 is 5.73 Å². The lowest BCUT2D eigenvalue weighted by molar-refractivity contribution is 0.486. The zero-order chi connectivity index (χ0) is 8.48. The molecule has 11 heavy (non-hydrogen) atoms. The third kappa shape index (κ3) is 1.95. The minimum absolute atomic E-state index is 0.571. The van der Waals surface area contributed by atoms with Gasteiger partial charge in [-0.15, -0.1) is 0 Å². The fraction of sp³-hybridized carbons (Fsp3) is 0.333. The molecule has 2 heteroatoms. The molecule has 0 aromatic heterocycles. The van der Waals surface area contributed by atoms with Crippen molar-refractivity contribution < 1.29 is 0 Å². The Bertz CT molecular complexity index is 231. The van der Waals surface area contributed by atoms with Crippen molar-refractivity contribution >= 4 is 11.4 Å². The fourth-order valence-corrected chi connectivity index (χ4v) is 0.909. The van der Waals surface area contributed by atoms with Crippen molar-refractivity contribution in [2.45, 2.75) is 0 Å². The molecule has 0 bridgehead atoms. The van der Waals surface area contributed by atoms with E-state index in [9.17, 15) is 0 Å². The largest absolute Gasteiger partial charge is 0.301 e. The number of benzene rings is 1. The van der Waals surface area contributed by atoms with Gasteiger partial charge in [-0.05, 0) is 12.1 Å². The maximum atomic E-state index is 7.29. The summed E-state index contributed by atoms with van der Waals surface area (Å²) in [6, 6.07) is 7.61. The second kappa shape index (κ2) is 2.55. The SMILES string of the molecule is C[N+](C)(C)c1ccc([NH])cc1. The summed E-state index contributed by atoms with van der Waals surface area (Å²) in [5, 5.41) is 0. The van der Waals surface area contributed by atoms with Gasteiger partial charge in [0.15, 0.2) is 0 Å². The van der Waals surface area contributed by atoms with Crippen LogP contribution in [0, 0.1) is 0 Å². The molecule has 0 aliphatic carbocycles. The second-order valence-electron chi connectivity index (χ2n) is 3.56. The van der Waals surface area contributed by atoms with Crippen molar-refractivity contribution in [3.8, 4) is 0 Å². The highest BCUT2D eigenvalue weighted by molar-refractivity contribution is 5.48. The molecule has 0 spiro atoms. The van der Waals surface area contributed by atoms with E-state index in [4.69, 9.17) is 5.73 Å². The van der Waals surface area contributed by atoms with Crippen molar-refractivity contribution in [3.63, 3.8) is 0 Å². The molecule has 1 aromatic rings. The summed E-state index contributed by atoms with van der Waals surface area (Å²) in [6.45, 7) is 0. The van der Waals surface area contributed by atoms with Gasteiger partial charge in [0.2, 0.25) is 0 Å². The maximum Gasteiger partial charge on any atom is 0.132 e. The molecular formula is C9H14N2+. The topological polar surface area (TPSA) is 23.8 Å². The molecule has 0 unspecified atom stereocenters. The van der Waals surface area contributed by atoms with Crippen LogP contribution >= 0.6 is 0 Å². The number of nitrogens with one attached hydrogen (secondary N) is 1. The van der Waals surface area contributed by atoms with Crippen LogP contribution in [0.15, 0.2) is 24.3 Å². The first kappa shape index (κ1) is 8.08. The molecule has 2 nitrogen and oxygen atoms in total. The van der Waals surface area contributed by atoms with Gasteiger partial charge in [0.25, 0.3) is 0 Å². The zero-order valence-electron chi connectivity index (χ0n) is 7.26. The molecule has 0 atom stereocenters. The fourth-order valence-electron chi connectivity index (χ4n) is 0.909. The number of hydrogen-bond acceptors (Lipinski definition) is 0. The lowest BCUT2D eigenvalue weighted by atomic mass is 10.2. The summed E-state index contributed by atoms with van der Waals surface area (Å²) >= 11 is 0. The quantitative estimate of drug-likeness (QED) is 0.545. The average molecular weight is 150 g/mol. The van der Waals surface area contributed by atoms with Crippen LogP contribution in [-0.2, 0) is 0 Å². The van der Waals surface area contributed by atoms with Crippen LogP contribution in [0.4, 0.5) is 11.4 Å². The monoisotopic (exact) mass is 150 g/mol. The van der Waals surface area contributed by atoms with Crippen LogP contribution < -0.4 is 10.2 Å². The number of quaternary nitrogens is 1. The summed E-state index contributed by atoms with van der Waals surface area (Å²) in [5.41, 5.74) is 9.08. The average Bonchev–Trinajstić information content (AvgIpc) is 1.86. The molecule has 1 rings (SSSR count). The minimum Gasteiger partial charge on any atom is -0.301 e. The number of rotatable bonds is 1. The Morgan fingerprint density at radius 2 is 1.45 bits per heavy atom. The molecule has 1 radical (unpaired) electrons. The van der Waals surface area contributed by atoms with Gasteiger partial charge in [-0.25, -0.2) is 0 Å². The molecule has 0 heterocycles. The van der Waals surface area contributed by atoms with Crippen molar-refractivity contribution in [3.05, 3.63) is 24.3 Å². The predicted octanol–water partition coefficient (Wildman–Crippen LogP) is 1.80. The Kier molecular flexibility index (Phi) is 1.87. The molecule has 0 saturated heterocycles. The number of nitrogens with zero attached hydrogens (tertiary/aromatic N) is 1. The Labute approximate surface area is 67.8 Å². The molecular weight excluding hydrogens is 136 g/mol. The van der Waals surface area contributed by atoms with Crippen molar-refractivity contribution in [2.75, 3.05) is 21.1 Å². The van der Waals surface area contributed by atoms with Crippen LogP contribution in [0.3, 0.4) is 0 Å². The van der Waals surface area contributed by atoms with Gasteiger partial charge >= 0.3 is 0 Å². The van der Waals surface area contributed by atoms with Gasteiger partial charge in [0, 0.05) is 12.1 Å². The number of hydrogen-bond donors (Lipinski definition) is 0. The molecule has 0 fully saturated rings. The first-order chi connectivity index (χ1) is 5.00. The predicted molar refractivity (Wildman–Crippen MR) is 48.8 cm³/mol. The Morgan fingerprint density at radius 3 is 1.82 bits per heavy atom. The van der Waals surface area contributed by atoms with E-state index < -0.39 is 0 Å². The molecule has 1 aromatic carbocycles. The van der Waals surface area contributed by atoms with Crippen LogP contribution in [0.2, 0.25) is 0 Å². The van der Waals surface area contributed by atoms with Crippen molar-refractivity contribution in [1.29, 1.82) is 0 Å². The van der Waals surface area contributed by atoms with E-state index >= 15 is 0 Å². The highest BCUT2D eigenvalue weighted by atomic mass is 15.3. The van der Waals surface area contributed by atoms with Gasteiger partial charge in [-0.3, -0.25) is 4.48 Å². The summed E-state index contributed by atoms with van der Waals surface area (Å²) in [5.74, 6) is 0. The van der Waals surface area contributed by atoms with Crippen LogP contribution in [0.5, 0.6) is 0 Å². The van der Waals surface area contributed by atoms with Crippen LogP contribution in [0.25, 0.3) is 0 Å². The highest BCUT2D eigenvalue weighted by Crippen LogP contribution is 2.18. The minimum atomic E-state index is 0.571. The Hall–Kier alpha value is -1.02. The lowest BCUT2D eigenvalue weighted by Gasteiger charge is -2.23. The molecule has 0 aliphatic rings. The van der Waals surface area contributed by atoms with Crippen LogP contribution in [0.1, 0.15) is 0 Å². The Balaban J connectivity index is 2.99. The maximum absolute atomic E-state index is 7.29. The third-order valence-corrected chi connectivity index (χ3v) is 1.64. The van der Waals surface area contributed by atoms with E-state index in [-0.39, 0.29) is 0 Å². The van der Waals surface area contributed by atoms with E-state index in [1.807, 2.05) is 24.3 Å². The van der Waals surface area contributed by atoms with Gasteiger partial charge in [-0.1, -0.05) is 0 Å². The summed E-state index contributed by atoms with van der Waals surface area (Å²) in [4.78, 5) is 0. The first-order valence-electron chi connectivity index (χ1n) is 3.64. The first-order valence-corrected chi connectivity index (χ1v) is 3.64. The van der Waals surface area contributed by atoms with Crippen molar-refractivity contribution in [1.82, 2.24) is 10.2 Å². The highest BCUT2D eigenvalue weighted by Gasteiger charge is 2.09. The van der Waals surface area contributed by atoms with E-state index in [1.54, 1.807) is 0 Å². The molecule has 1 N–H and O–H groups in total. The smallest absolute Gasteiger partial charge is 0.132 e. The standard InChI is InChI=1S/C9H14N2/c1-11(2,3)9-6-4-8(10)5-7-9/h4-7,10H,1-3H3/q+1. The molecule has 0 amide bonds. The molecule has 59 valence electrons. The van der Waals surface area contributed by atoms with E-state index in [0.29, 0.717) is 5.69 Å². The summed E-state index contributed by atoms with van der Waals surface area (Å²) in [7, 11) is 6.33. The second-order valence-corrected chi connectivity index (χ2v) is 3.56. The summed E-state index contributed by atoms with van der Waals surface area (Å²) in [6.07, 6.45) is 0. The normalized spacial score (nSPS) is 11.5. The third-order valence-electron chi connectivity index (χ3n) is 1.64. The van der Waals surface area contributed by atoms with E-state index in [0.717, 1.165) is 4.48 Å². The molecule has 0 aliphatic heterocycles. The molecule has 0 saturated carbocycles. The van der Waals surface area contributed by atoms with E-state index in [2.05, 4.69) is 21.1 Å². The van der Waals surface area contributed by atoms with Gasteiger partial charge in [0.1, 0.15) is 5.69 Å². The Morgan fingerprint density at radius 1 is 1.00 bits per heavy atom. The summed E-state index contributed by atoms with van der Waals surface area (Å²) < 4.78 is 0.806. The lowest BCUT2D eigenvalue weighted by Crippen LogP contribution is -2.34.